The van der Waals surface area contributed by atoms with Crippen molar-refractivity contribution in [3.63, 3.8) is 0 Å². The number of ketones is 1. The van der Waals surface area contributed by atoms with Crippen molar-refractivity contribution in [2.45, 2.75) is 12.8 Å². The summed E-state index contributed by atoms with van der Waals surface area (Å²) in [7, 11) is 1.34. The molecule has 0 bridgehead atoms. The Hall–Kier alpha value is -2.33. The molecule has 2 aromatic carbocycles. The molecular formula is C19H20ClNO3. The van der Waals surface area contributed by atoms with Gasteiger partial charge in [-0.25, -0.2) is 4.79 Å². The predicted molar refractivity (Wildman–Crippen MR) is 94.5 cm³/mol. The zero-order valence-corrected chi connectivity index (χ0v) is 14.3. The van der Waals surface area contributed by atoms with E-state index in [4.69, 9.17) is 16.3 Å². The van der Waals surface area contributed by atoms with Crippen LogP contribution >= 0.6 is 11.6 Å². The van der Waals surface area contributed by atoms with Crippen LogP contribution in [0.4, 0.5) is 4.79 Å². The molecule has 0 radical (unpaired) electrons. The van der Waals surface area contributed by atoms with E-state index < -0.39 is 6.09 Å². The van der Waals surface area contributed by atoms with Crippen LogP contribution in [0.2, 0.25) is 5.02 Å². The lowest BCUT2D eigenvalue weighted by atomic mass is 10.1. The number of hydrogen-bond acceptors (Lipinski definition) is 3. The molecule has 0 atom stereocenters. The molecular weight excluding hydrogens is 326 g/mol. The van der Waals surface area contributed by atoms with E-state index >= 15 is 0 Å². The average molecular weight is 346 g/mol. The van der Waals surface area contributed by atoms with Crippen molar-refractivity contribution in [3.05, 3.63) is 70.7 Å². The monoisotopic (exact) mass is 345 g/mol. The van der Waals surface area contributed by atoms with Gasteiger partial charge < -0.3 is 9.64 Å². The minimum atomic E-state index is -0.426. The fraction of sp³-hybridized carbons (Fsp3) is 0.263. The summed E-state index contributed by atoms with van der Waals surface area (Å²) in [5, 5.41) is 0.678. The highest BCUT2D eigenvalue weighted by molar-refractivity contribution is 6.30. The van der Waals surface area contributed by atoms with E-state index in [1.165, 1.54) is 7.11 Å². The normalized spacial score (nSPS) is 10.2. The number of rotatable bonds is 7. The fourth-order valence-electron chi connectivity index (χ4n) is 2.34. The summed E-state index contributed by atoms with van der Waals surface area (Å²) in [6, 6.07) is 16.6. The van der Waals surface area contributed by atoms with Crippen LogP contribution in [0.15, 0.2) is 54.6 Å². The van der Waals surface area contributed by atoms with Crippen LogP contribution in [0.1, 0.15) is 22.3 Å². The summed E-state index contributed by atoms with van der Waals surface area (Å²) in [5.41, 5.74) is 1.72. The zero-order valence-electron chi connectivity index (χ0n) is 13.6. The molecule has 5 heteroatoms. The number of amides is 1. The maximum absolute atomic E-state index is 12.2. The van der Waals surface area contributed by atoms with Crippen LogP contribution in [0.5, 0.6) is 0 Å². The highest BCUT2D eigenvalue weighted by Crippen LogP contribution is 2.11. The second kappa shape index (κ2) is 9.08. The summed E-state index contributed by atoms with van der Waals surface area (Å²) in [6.45, 7) is 0.810. The Bertz CT molecular complexity index is 671. The summed E-state index contributed by atoms with van der Waals surface area (Å²) < 4.78 is 4.81. The summed E-state index contributed by atoms with van der Waals surface area (Å²) in [4.78, 5) is 25.6. The molecule has 0 aliphatic heterocycles. The van der Waals surface area contributed by atoms with Gasteiger partial charge in [-0.15, -0.1) is 0 Å². The van der Waals surface area contributed by atoms with Gasteiger partial charge >= 0.3 is 6.09 Å². The Morgan fingerprint density at radius 1 is 1.00 bits per heavy atom. The largest absolute Gasteiger partial charge is 0.453 e. The molecule has 2 aromatic rings. The van der Waals surface area contributed by atoms with Crippen LogP contribution < -0.4 is 0 Å². The van der Waals surface area contributed by atoms with Gasteiger partial charge in [0.15, 0.2) is 5.78 Å². The van der Waals surface area contributed by atoms with Crippen molar-refractivity contribution in [1.82, 2.24) is 4.90 Å². The molecule has 0 saturated heterocycles. The maximum atomic E-state index is 12.2. The highest BCUT2D eigenvalue weighted by atomic mass is 35.5. The molecule has 0 aromatic heterocycles. The third-order valence-electron chi connectivity index (χ3n) is 3.72. The zero-order chi connectivity index (χ0) is 17.4. The van der Waals surface area contributed by atoms with Gasteiger partial charge in [0.2, 0.25) is 0 Å². The SMILES string of the molecule is COC(=O)N(CCC(=O)c1ccccc1)CCc1ccc(Cl)cc1. The van der Waals surface area contributed by atoms with Crippen LogP contribution in [0.25, 0.3) is 0 Å². The second-order valence-electron chi connectivity index (χ2n) is 5.37. The van der Waals surface area contributed by atoms with E-state index in [9.17, 15) is 9.59 Å². The lowest BCUT2D eigenvalue weighted by molar-refractivity contribution is 0.0948. The van der Waals surface area contributed by atoms with Gasteiger partial charge in [-0.05, 0) is 24.1 Å². The van der Waals surface area contributed by atoms with Crippen molar-refractivity contribution in [3.8, 4) is 0 Å². The Balaban J connectivity index is 1.92. The molecule has 24 heavy (non-hydrogen) atoms. The van der Waals surface area contributed by atoms with Crippen molar-refractivity contribution in [2.75, 3.05) is 20.2 Å². The topological polar surface area (TPSA) is 46.6 Å². The molecule has 0 fully saturated rings. The Morgan fingerprint density at radius 2 is 1.67 bits per heavy atom. The number of ether oxygens (including phenoxy) is 1. The fourth-order valence-corrected chi connectivity index (χ4v) is 2.47. The van der Waals surface area contributed by atoms with Crippen LogP contribution in [0, 0.1) is 0 Å². The van der Waals surface area contributed by atoms with E-state index in [0.717, 1.165) is 5.56 Å². The number of carbonyl (C=O) groups excluding carboxylic acids is 2. The summed E-state index contributed by atoms with van der Waals surface area (Å²) in [5.74, 6) is 0.0102. The van der Waals surface area contributed by atoms with Crippen molar-refractivity contribution < 1.29 is 14.3 Å². The van der Waals surface area contributed by atoms with Gasteiger partial charge in [0.25, 0.3) is 0 Å². The Kier molecular flexibility index (Phi) is 6.82. The first-order chi connectivity index (χ1) is 11.6. The van der Waals surface area contributed by atoms with Crippen molar-refractivity contribution in [1.29, 1.82) is 0 Å². The van der Waals surface area contributed by atoms with Crippen LogP contribution in [-0.4, -0.2) is 37.0 Å². The molecule has 2 rings (SSSR count). The number of methoxy groups -OCH3 is 1. The Labute approximate surface area is 147 Å². The smallest absolute Gasteiger partial charge is 0.409 e. The molecule has 0 heterocycles. The second-order valence-corrected chi connectivity index (χ2v) is 5.81. The van der Waals surface area contributed by atoms with Crippen molar-refractivity contribution in [2.24, 2.45) is 0 Å². The third-order valence-corrected chi connectivity index (χ3v) is 3.97. The van der Waals surface area contributed by atoms with E-state index in [2.05, 4.69) is 0 Å². The van der Waals surface area contributed by atoms with E-state index in [1.54, 1.807) is 17.0 Å². The number of halogens is 1. The number of hydrogen-bond donors (Lipinski definition) is 0. The third kappa shape index (κ3) is 5.39. The number of carbonyl (C=O) groups is 2. The van der Waals surface area contributed by atoms with Gasteiger partial charge in [-0.2, -0.15) is 0 Å². The molecule has 0 unspecified atom stereocenters. The predicted octanol–water partition coefficient (Wildman–Crippen LogP) is 4.22. The molecule has 0 aliphatic rings. The Morgan fingerprint density at radius 3 is 2.29 bits per heavy atom. The molecule has 0 saturated carbocycles. The van der Waals surface area contributed by atoms with Gasteiger partial charge in [-0.3, -0.25) is 4.79 Å². The van der Waals surface area contributed by atoms with Gasteiger partial charge in [0.05, 0.1) is 7.11 Å². The van der Waals surface area contributed by atoms with E-state index in [1.807, 2.05) is 42.5 Å². The van der Waals surface area contributed by atoms with Gasteiger partial charge in [0.1, 0.15) is 0 Å². The first-order valence-electron chi connectivity index (χ1n) is 7.75. The lowest BCUT2D eigenvalue weighted by Crippen LogP contribution is -2.34. The minimum Gasteiger partial charge on any atom is -0.453 e. The molecule has 126 valence electrons. The lowest BCUT2D eigenvalue weighted by Gasteiger charge is -2.21. The highest BCUT2D eigenvalue weighted by Gasteiger charge is 2.16. The van der Waals surface area contributed by atoms with Crippen LogP contribution in [-0.2, 0) is 11.2 Å². The summed E-state index contributed by atoms with van der Waals surface area (Å²) >= 11 is 5.87. The van der Waals surface area contributed by atoms with E-state index in [0.29, 0.717) is 30.1 Å². The first kappa shape index (κ1) is 18.0. The standard InChI is InChI=1S/C19H20ClNO3/c1-24-19(23)21(13-11-15-7-9-17(20)10-8-15)14-12-18(22)16-5-3-2-4-6-16/h2-10H,11-14H2,1H3. The quantitative estimate of drug-likeness (QED) is 0.706. The van der Waals surface area contributed by atoms with Crippen LogP contribution in [0.3, 0.4) is 0 Å². The molecule has 4 nitrogen and oxygen atoms in total. The number of Topliss-reactive ketones (excluding diaryl/α,β-unsaturated/α-hetero) is 1. The average Bonchev–Trinajstić information content (AvgIpc) is 2.63. The van der Waals surface area contributed by atoms with Gasteiger partial charge in [-0.1, -0.05) is 54.1 Å². The van der Waals surface area contributed by atoms with Crippen molar-refractivity contribution >= 4 is 23.5 Å². The van der Waals surface area contributed by atoms with E-state index in [-0.39, 0.29) is 12.2 Å². The molecule has 0 aliphatic carbocycles. The molecule has 1 amide bonds. The summed E-state index contributed by atoms with van der Waals surface area (Å²) in [6.07, 6.45) is 0.510. The number of nitrogens with zero attached hydrogens (tertiary/aromatic N) is 1. The van der Waals surface area contributed by atoms with Gasteiger partial charge in [0, 0.05) is 30.1 Å². The molecule has 0 N–H and O–H groups in total. The minimum absolute atomic E-state index is 0.0102. The number of benzene rings is 2. The first-order valence-corrected chi connectivity index (χ1v) is 8.13. The maximum Gasteiger partial charge on any atom is 0.409 e. The molecule has 0 spiro atoms.